The lowest BCUT2D eigenvalue weighted by molar-refractivity contribution is 0.252. The molecular weight excluding hydrogens is 319 g/mol. The molecule has 2 amide bonds. The highest BCUT2D eigenvalue weighted by atomic mass is 19.1. The first-order valence-corrected chi connectivity index (χ1v) is 7.72. The number of benzene rings is 2. The number of para-hydroxylation sites is 1. The molecule has 0 spiro atoms. The molecule has 0 aliphatic rings. The first kappa shape index (κ1) is 16.4. The van der Waals surface area contributed by atoms with Gasteiger partial charge < -0.3 is 9.88 Å². The van der Waals surface area contributed by atoms with Gasteiger partial charge in [-0.1, -0.05) is 18.2 Å². The van der Waals surface area contributed by atoms with Crippen LogP contribution in [0.3, 0.4) is 0 Å². The second-order valence-electron chi connectivity index (χ2n) is 5.42. The second-order valence-corrected chi connectivity index (χ2v) is 5.42. The summed E-state index contributed by atoms with van der Waals surface area (Å²) in [5.41, 5.74) is 5.68. The van der Waals surface area contributed by atoms with E-state index in [0.29, 0.717) is 0 Å². The van der Waals surface area contributed by atoms with Crippen molar-refractivity contribution in [1.82, 2.24) is 9.99 Å². The largest absolute Gasteiger partial charge is 0.339 e. The molecular formula is C19H17FN4O. The molecule has 0 atom stereocenters. The van der Waals surface area contributed by atoms with Gasteiger partial charge in [-0.05, 0) is 55.0 Å². The van der Waals surface area contributed by atoms with Gasteiger partial charge in [0.05, 0.1) is 11.9 Å². The van der Waals surface area contributed by atoms with Crippen molar-refractivity contribution in [2.24, 2.45) is 5.10 Å². The fraction of sp³-hybridized carbons (Fsp3) is 0.0526. The summed E-state index contributed by atoms with van der Waals surface area (Å²) in [6.07, 6.45) is 3.36. The lowest BCUT2D eigenvalue weighted by Gasteiger charge is -2.07. The summed E-state index contributed by atoms with van der Waals surface area (Å²) >= 11 is 0. The van der Waals surface area contributed by atoms with Crippen molar-refractivity contribution in [3.63, 3.8) is 0 Å². The van der Waals surface area contributed by atoms with Crippen LogP contribution in [-0.2, 0) is 0 Å². The van der Waals surface area contributed by atoms with Crippen LogP contribution in [0.5, 0.6) is 0 Å². The molecule has 6 heteroatoms. The van der Waals surface area contributed by atoms with Crippen LogP contribution in [0, 0.1) is 12.7 Å². The topological polar surface area (TPSA) is 58.4 Å². The van der Waals surface area contributed by atoms with E-state index in [1.165, 1.54) is 18.3 Å². The Morgan fingerprint density at radius 3 is 2.60 bits per heavy atom. The molecule has 0 unspecified atom stereocenters. The number of carbonyl (C=O) groups excluding carboxylic acids is 1. The summed E-state index contributed by atoms with van der Waals surface area (Å²) < 4.78 is 14.9. The van der Waals surface area contributed by atoms with Crippen LogP contribution < -0.4 is 10.7 Å². The van der Waals surface area contributed by atoms with Crippen LogP contribution in [-0.4, -0.2) is 16.8 Å². The van der Waals surface area contributed by atoms with Gasteiger partial charge in [-0.25, -0.2) is 14.6 Å². The van der Waals surface area contributed by atoms with E-state index in [1.807, 2.05) is 54.1 Å². The number of nitrogens with zero attached hydrogens (tertiary/aromatic N) is 2. The normalized spacial score (nSPS) is 10.8. The fourth-order valence-electron chi connectivity index (χ4n) is 2.36. The molecule has 0 bridgehead atoms. The molecule has 3 rings (SSSR count). The van der Waals surface area contributed by atoms with E-state index in [4.69, 9.17) is 0 Å². The molecule has 5 nitrogen and oxygen atoms in total. The van der Waals surface area contributed by atoms with Crippen molar-refractivity contribution in [2.75, 3.05) is 5.32 Å². The Labute approximate surface area is 144 Å². The monoisotopic (exact) mass is 336 g/mol. The molecule has 0 aliphatic heterocycles. The van der Waals surface area contributed by atoms with Crippen LogP contribution in [0.25, 0.3) is 5.69 Å². The van der Waals surface area contributed by atoms with Gasteiger partial charge in [0, 0.05) is 17.6 Å². The number of nitrogens with one attached hydrogen (secondary N) is 2. The van der Waals surface area contributed by atoms with E-state index >= 15 is 0 Å². The first-order valence-electron chi connectivity index (χ1n) is 7.72. The van der Waals surface area contributed by atoms with E-state index in [-0.39, 0.29) is 5.82 Å². The smallest absolute Gasteiger partial charge is 0.316 e. The number of hydrogen-bond acceptors (Lipinski definition) is 2. The summed E-state index contributed by atoms with van der Waals surface area (Å²) in [7, 11) is 0. The molecule has 0 aliphatic carbocycles. The van der Waals surface area contributed by atoms with E-state index in [0.717, 1.165) is 22.6 Å². The van der Waals surface area contributed by atoms with Gasteiger partial charge in [-0.15, -0.1) is 0 Å². The van der Waals surface area contributed by atoms with Crippen LogP contribution in [0.2, 0.25) is 0 Å². The predicted octanol–water partition coefficient (Wildman–Crippen LogP) is 4.08. The maximum Gasteiger partial charge on any atom is 0.339 e. The van der Waals surface area contributed by atoms with E-state index in [9.17, 15) is 9.18 Å². The molecule has 1 heterocycles. The average Bonchev–Trinajstić information content (AvgIpc) is 3.06. The summed E-state index contributed by atoms with van der Waals surface area (Å²) in [5.74, 6) is -0.291. The molecule has 2 aromatic carbocycles. The maximum atomic E-state index is 13.0. The highest BCUT2D eigenvalue weighted by molar-refractivity contribution is 5.90. The Balaban J connectivity index is 1.65. The second kappa shape index (κ2) is 7.44. The summed E-state index contributed by atoms with van der Waals surface area (Å²) in [4.78, 5) is 11.9. The zero-order valence-electron chi connectivity index (χ0n) is 13.6. The van der Waals surface area contributed by atoms with Gasteiger partial charge in [0.2, 0.25) is 0 Å². The number of anilines is 1. The minimum atomic E-state index is -0.426. The first-order chi connectivity index (χ1) is 12.1. The predicted molar refractivity (Wildman–Crippen MR) is 96.7 cm³/mol. The number of halogens is 1. The number of urea groups is 1. The number of aryl methyl sites for hydroxylation is 1. The number of hydrazone groups is 1. The van der Waals surface area contributed by atoms with Crippen LogP contribution in [0.1, 0.15) is 11.3 Å². The quantitative estimate of drug-likeness (QED) is 0.547. The number of aromatic nitrogens is 1. The van der Waals surface area contributed by atoms with E-state index in [2.05, 4.69) is 15.8 Å². The molecule has 3 aromatic rings. The molecule has 0 radical (unpaired) electrons. The van der Waals surface area contributed by atoms with Crippen molar-refractivity contribution in [2.45, 2.75) is 6.92 Å². The zero-order valence-corrected chi connectivity index (χ0v) is 13.6. The Kier molecular flexibility index (Phi) is 4.89. The standard InChI is InChI=1S/C19H17FN4O/c1-14-5-2-3-7-18(14)22-19(25)23-21-13-17-6-4-12-24(17)16-10-8-15(20)9-11-16/h2-13H,1H3,(H2,22,23,25). The summed E-state index contributed by atoms with van der Waals surface area (Å²) in [6, 6.07) is 16.9. The van der Waals surface area contributed by atoms with Gasteiger partial charge in [0.1, 0.15) is 5.82 Å². The zero-order chi connectivity index (χ0) is 17.6. The van der Waals surface area contributed by atoms with Gasteiger partial charge in [0.25, 0.3) is 0 Å². The molecule has 1 aromatic heterocycles. The SMILES string of the molecule is Cc1ccccc1NC(=O)NN=Cc1cccn1-c1ccc(F)cc1. The highest BCUT2D eigenvalue weighted by Gasteiger charge is 2.03. The van der Waals surface area contributed by atoms with Gasteiger partial charge in [-0.3, -0.25) is 0 Å². The van der Waals surface area contributed by atoms with Crippen molar-refractivity contribution in [3.8, 4) is 5.69 Å². The highest BCUT2D eigenvalue weighted by Crippen LogP contribution is 2.13. The molecule has 2 N–H and O–H groups in total. The molecule has 0 saturated heterocycles. The van der Waals surface area contributed by atoms with Crippen LogP contribution in [0.4, 0.5) is 14.9 Å². The van der Waals surface area contributed by atoms with E-state index in [1.54, 1.807) is 12.1 Å². The third-order valence-electron chi connectivity index (χ3n) is 3.64. The Hall–Kier alpha value is -3.41. The van der Waals surface area contributed by atoms with Crippen molar-refractivity contribution in [1.29, 1.82) is 0 Å². The number of carbonyl (C=O) groups is 1. The van der Waals surface area contributed by atoms with Gasteiger partial charge >= 0.3 is 6.03 Å². The van der Waals surface area contributed by atoms with Crippen molar-refractivity contribution in [3.05, 3.63) is 83.9 Å². The third-order valence-corrected chi connectivity index (χ3v) is 3.64. The lowest BCUT2D eigenvalue weighted by Crippen LogP contribution is -2.24. The van der Waals surface area contributed by atoms with Gasteiger partial charge in [-0.2, -0.15) is 5.10 Å². The minimum absolute atomic E-state index is 0.291. The number of amides is 2. The summed E-state index contributed by atoms with van der Waals surface area (Å²) in [5, 5.41) is 6.69. The number of rotatable bonds is 4. The van der Waals surface area contributed by atoms with E-state index < -0.39 is 6.03 Å². The minimum Gasteiger partial charge on any atom is -0.316 e. The van der Waals surface area contributed by atoms with Crippen molar-refractivity contribution < 1.29 is 9.18 Å². The average molecular weight is 336 g/mol. The third kappa shape index (κ3) is 4.11. The summed E-state index contributed by atoms with van der Waals surface area (Å²) in [6.45, 7) is 1.91. The van der Waals surface area contributed by atoms with Crippen molar-refractivity contribution >= 4 is 17.9 Å². The Bertz CT molecular complexity index is 900. The van der Waals surface area contributed by atoms with Crippen LogP contribution in [0.15, 0.2) is 72.0 Å². The lowest BCUT2D eigenvalue weighted by atomic mass is 10.2. The number of hydrogen-bond donors (Lipinski definition) is 2. The van der Waals surface area contributed by atoms with Crippen LogP contribution >= 0.6 is 0 Å². The fourth-order valence-corrected chi connectivity index (χ4v) is 2.36. The molecule has 0 saturated carbocycles. The molecule has 25 heavy (non-hydrogen) atoms. The molecule has 126 valence electrons. The maximum absolute atomic E-state index is 13.0. The molecule has 0 fully saturated rings. The Morgan fingerprint density at radius 2 is 1.84 bits per heavy atom. The Morgan fingerprint density at radius 1 is 1.08 bits per heavy atom. The van der Waals surface area contributed by atoms with Gasteiger partial charge in [0.15, 0.2) is 0 Å².